The monoisotopic (exact) mass is 430 g/mol. The molecule has 2 aliphatic heterocycles. The zero-order valence-corrected chi connectivity index (χ0v) is 18.4. The minimum absolute atomic E-state index is 0.310. The largest absolute Gasteiger partial charge is 0.357 e. The molecule has 1 fully saturated rings. The van der Waals surface area contributed by atoms with Crippen LogP contribution in [0.25, 0.3) is 0 Å². The second kappa shape index (κ2) is 10.1. The van der Waals surface area contributed by atoms with E-state index in [9.17, 15) is 0 Å². The van der Waals surface area contributed by atoms with E-state index in [4.69, 9.17) is 16.6 Å². The first-order valence-corrected chi connectivity index (χ1v) is 11.4. The Labute approximate surface area is 183 Å². The standard InChI is InChI=1S/C21H31ClN8/c1-2-23-21(25-12-9-19-28-27-18-8-4-3-5-13-30(18)19)26-16-10-14-29(15-16)20-17(22)7-6-11-24-20/h6-7,11,16H,2-5,8-10,12-15H2,1H3,(H2,23,25,26). The number of aliphatic imine (C=N–C) groups is 1. The van der Waals surface area contributed by atoms with Gasteiger partial charge in [0.25, 0.3) is 0 Å². The lowest BCUT2D eigenvalue weighted by Crippen LogP contribution is -2.44. The number of nitrogens with one attached hydrogen (secondary N) is 2. The molecule has 0 saturated carbocycles. The lowest BCUT2D eigenvalue weighted by molar-refractivity contribution is 0.603. The van der Waals surface area contributed by atoms with Gasteiger partial charge in [-0.05, 0) is 38.3 Å². The summed E-state index contributed by atoms with van der Waals surface area (Å²) >= 11 is 6.31. The van der Waals surface area contributed by atoms with E-state index in [0.717, 1.165) is 68.9 Å². The van der Waals surface area contributed by atoms with Crippen LogP contribution < -0.4 is 15.5 Å². The number of hydrogen-bond acceptors (Lipinski definition) is 5. The number of nitrogens with zero attached hydrogens (tertiary/aromatic N) is 6. The molecule has 1 saturated heterocycles. The fourth-order valence-electron chi connectivity index (χ4n) is 4.19. The van der Waals surface area contributed by atoms with Gasteiger partial charge in [0.15, 0.2) is 5.96 Å². The van der Waals surface area contributed by atoms with E-state index in [0.29, 0.717) is 17.6 Å². The van der Waals surface area contributed by atoms with Crippen LogP contribution in [0.3, 0.4) is 0 Å². The molecule has 162 valence electrons. The van der Waals surface area contributed by atoms with Gasteiger partial charge < -0.3 is 20.1 Å². The van der Waals surface area contributed by atoms with Crippen molar-refractivity contribution in [3.8, 4) is 0 Å². The summed E-state index contributed by atoms with van der Waals surface area (Å²) in [4.78, 5) is 11.5. The average Bonchev–Trinajstić information content (AvgIpc) is 3.28. The maximum absolute atomic E-state index is 6.31. The van der Waals surface area contributed by atoms with E-state index in [1.807, 2.05) is 12.1 Å². The maximum Gasteiger partial charge on any atom is 0.191 e. The summed E-state index contributed by atoms with van der Waals surface area (Å²) < 4.78 is 2.30. The molecule has 1 atom stereocenters. The van der Waals surface area contributed by atoms with E-state index < -0.39 is 0 Å². The minimum atomic E-state index is 0.310. The first-order chi connectivity index (χ1) is 14.7. The number of hydrogen-bond donors (Lipinski definition) is 2. The van der Waals surface area contributed by atoms with Crippen molar-refractivity contribution in [2.45, 2.75) is 58.0 Å². The third kappa shape index (κ3) is 5.03. The molecule has 0 spiro atoms. The molecule has 4 heterocycles. The molecule has 2 N–H and O–H groups in total. The van der Waals surface area contributed by atoms with E-state index in [-0.39, 0.29) is 0 Å². The number of halogens is 1. The highest BCUT2D eigenvalue weighted by Crippen LogP contribution is 2.25. The Hall–Kier alpha value is -2.35. The van der Waals surface area contributed by atoms with Crippen LogP contribution in [-0.4, -0.2) is 57.9 Å². The summed E-state index contributed by atoms with van der Waals surface area (Å²) in [6, 6.07) is 4.06. The fraction of sp³-hybridized carbons (Fsp3) is 0.619. The van der Waals surface area contributed by atoms with Gasteiger partial charge in [0.05, 0.1) is 5.02 Å². The summed E-state index contributed by atoms with van der Waals surface area (Å²) in [6.45, 7) is 6.43. The molecule has 4 rings (SSSR count). The number of fused-ring (bicyclic) bond motifs is 1. The summed E-state index contributed by atoms with van der Waals surface area (Å²) in [5.41, 5.74) is 0. The topological polar surface area (TPSA) is 83.3 Å². The van der Waals surface area contributed by atoms with Gasteiger partial charge in [-0.2, -0.15) is 0 Å². The normalized spacial score (nSPS) is 19.5. The molecule has 0 aromatic carbocycles. The van der Waals surface area contributed by atoms with E-state index in [1.54, 1.807) is 6.20 Å². The predicted octanol–water partition coefficient (Wildman–Crippen LogP) is 2.43. The third-order valence-electron chi connectivity index (χ3n) is 5.70. The van der Waals surface area contributed by atoms with Crippen molar-refractivity contribution >= 4 is 23.4 Å². The molecule has 2 aromatic heterocycles. The van der Waals surface area contributed by atoms with Crippen LogP contribution in [0, 0.1) is 0 Å². The molecular formula is C21H31ClN8. The molecule has 8 nitrogen and oxygen atoms in total. The van der Waals surface area contributed by atoms with Crippen molar-refractivity contribution in [2.75, 3.05) is 31.1 Å². The molecule has 0 bridgehead atoms. The van der Waals surface area contributed by atoms with Gasteiger partial charge in [-0.25, -0.2) is 4.98 Å². The Kier molecular flexibility index (Phi) is 7.04. The predicted molar refractivity (Wildman–Crippen MR) is 120 cm³/mol. The van der Waals surface area contributed by atoms with Gasteiger partial charge in [0.2, 0.25) is 0 Å². The Morgan fingerprint density at radius 3 is 3.07 bits per heavy atom. The van der Waals surface area contributed by atoms with E-state index >= 15 is 0 Å². The minimum Gasteiger partial charge on any atom is -0.357 e. The van der Waals surface area contributed by atoms with Gasteiger partial charge in [-0.3, -0.25) is 4.99 Å². The van der Waals surface area contributed by atoms with Crippen LogP contribution in [0.4, 0.5) is 5.82 Å². The number of anilines is 1. The fourth-order valence-corrected chi connectivity index (χ4v) is 4.43. The lowest BCUT2D eigenvalue weighted by atomic mass is 10.2. The molecule has 0 aliphatic carbocycles. The zero-order valence-electron chi connectivity index (χ0n) is 17.6. The van der Waals surface area contributed by atoms with Gasteiger partial charge in [-0.15, -0.1) is 10.2 Å². The molecule has 1 unspecified atom stereocenters. The zero-order chi connectivity index (χ0) is 20.8. The Morgan fingerprint density at radius 1 is 1.27 bits per heavy atom. The first kappa shape index (κ1) is 20.9. The smallest absolute Gasteiger partial charge is 0.191 e. The second-order valence-corrected chi connectivity index (χ2v) is 8.30. The van der Waals surface area contributed by atoms with Crippen LogP contribution in [0.15, 0.2) is 23.3 Å². The average molecular weight is 431 g/mol. The van der Waals surface area contributed by atoms with E-state index in [2.05, 4.69) is 42.2 Å². The number of aryl methyl sites for hydroxylation is 1. The van der Waals surface area contributed by atoms with Crippen LogP contribution in [0.5, 0.6) is 0 Å². The van der Waals surface area contributed by atoms with Crippen molar-refractivity contribution in [1.82, 2.24) is 30.4 Å². The highest BCUT2D eigenvalue weighted by Gasteiger charge is 2.25. The lowest BCUT2D eigenvalue weighted by Gasteiger charge is -2.20. The number of pyridine rings is 1. The molecule has 0 amide bonds. The van der Waals surface area contributed by atoms with Gasteiger partial charge in [-0.1, -0.05) is 18.0 Å². The molecular weight excluding hydrogens is 400 g/mol. The molecule has 2 aliphatic rings. The number of guanidine groups is 1. The van der Waals surface area contributed by atoms with Crippen molar-refractivity contribution in [3.63, 3.8) is 0 Å². The van der Waals surface area contributed by atoms with Crippen molar-refractivity contribution in [1.29, 1.82) is 0 Å². The highest BCUT2D eigenvalue weighted by molar-refractivity contribution is 6.32. The molecule has 9 heteroatoms. The van der Waals surface area contributed by atoms with Crippen LogP contribution in [-0.2, 0) is 19.4 Å². The Morgan fingerprint density at radius 2 is 2.20 bits per heavy atom. The molecule has 30 heavy (non-hydrogen) atoms. The summed E-state index contributed by atoms with van der Waals surface area (Å²) in [6.07, 6.45) is 8.37. The van der Waals surface area contributed by atoms with E-state index in [1.165, 1.54) is 19.3 Å². The van der Waals surface area contributed by atoms with Crippen LogP contribution in [0.2, 0.25) is 5.02 Å². The quantitative estimate of drug-likeness (QED) is 0.541. The van der Waals surface area contributed by atoms with Crippen molar-refractivity contribution in [2.24, 2.45) is 4.99 Å². The third-order valence-corrected chi connectivity index (χ3v) is 6.00. The molecule has 2 aromatic rings. The first-order valence-electron chi connectivity index (χ1n) is 11.1. The van der Waals surface area contributed by atoms with Gasteiger partial charge >= 0.3 is 0 Å². The number of aromatic nitrogens is 4. The number of rotatable bonds is 6. The SMILES string of the molecule is CCNC(=NCCc1nnc2n1CCCCC2)NC1CCN(c2ncccc2Cl)C1. The van der Waals surface area contributed by atoms with Crippen LogP contribution >= 0.6 is 11.6 Å². The maximum atomic E-state index is 6.31. The van der Waals surface area contributed by atoms with Gasteiger partial charge in [0.1, 0.15) is 17.5 Å². The highest BCUT2D eigenvalue weighted by atomic mass is 35.5. The summed E-state index contributed by atoms with van der Waals surface area (Å²) in [5, 5.41) is 16.4. The Bertz CT molecular complexity index is 864. The molecule has 0 radical (unpaired) electrons. The van der Waals surface area contributed by atoms with Crippen LogP contribution in [0.1, 0.15) is 44.3 Å². The second-order valence-electron chi connectivity index (χ2n) is 7.89. The van der Waals surface area contributed by atoms with Gasteiger partial charge in [0, 0.05) is 57.8 Å². The summed E-state index contributed by atoms with van der Waals surface area (Å²) in [7, 11) is 0. The van der Waals surface area contributed by atoms with Crippen molar-refractivity contribution < 1.29 is 0 Å². The summed E-state index contributed by atoms with van der Waals surface area (Å²) in [5.74, 6) is 3.91. The van der Waals surface area contributed by atoms with Crippen molar-refractivity contribution in [3.05, 3.63) is 35.0 Å². The Balaban J connectivity index is 1.33.